The van der Waals surface area contributed by atoms with E-state index in [4.69, 9.17) is 5.73 Å². The van der Waals surface area contributed by atoms with Crippen LogP contribution in [-0.2, 0) is 14.4 Å². The first-order valence-corrected chi connectivity index (χ1v) is 4.62. The molecule has 0 saturated heterocycles. The van der Waals surface area contributed by atoms with Gasteiger partial charge in [-0.25, -0.2) is 14.2 Å². The second-order valence-electron chi connectivity index (χ2n) is 2.24. The van der Waals surface area contributed by atoms with Gasteiger partial charge in [0.25, 0.3) is 6.86 Å². The SMILES string of the molecule is COC(=O)/C(=N\OCF)c1csc(N)n1. The van der Waals surface area contributed by atoms with E-state index in [1.807, 2.05) is 0 Å². The summed E-state index contributed by atoms with van der Waals surface area (Å²) < 4.78 is 16.1. The smallest absolute Gasteiger partial charge is 0.362 e. The fourth-order valence-corrected chi connectivity index (χ4v) is 1.32. The minimum atomic E-state index is -1.14. The number of nitrogens with zero attached hydrogens (tertiary/aromatic N) is 2. The van der Waals surface area contributed by atoms with Crippen LogP contribution in [0.4, 0.5) is 9.52 Å². The Balaban J connectivity index is 2.95. The van der Waals surface area contributed by atoms with Gasteiger partial charge in [-0.1, -0.05) is 5.16 Å². The highest BCUT2D eigenvalue weighted by atomic mass is 32.1. The quantitative estimate of drug-likeness (QED) is 0.466. The van der Waals surface area contributed by atoms with E-state index in [2.05, 4.69) is 19.7 Å². The van der Waals surface area contributed by atoms with Gasteiger partial charge in [0.15, 0.2) is 5.13 Å². The highest BCUT2D eigenvalue weighted by Crippen LogP contribution is 2.12. The molecule has 0 spiro atoms. The Labute approximate surface area is 88.5 Å². The molecule has 0 bridgehead atoms. The maximum absolute atomic E-state index is 11.7. The number of rotatable bonds is 4. The number of thiazole rings is 1. The molecule has 0 unspecified atom stereocenters. The van der Waals surface area contributed by atoms with Crippen molar-refractivity contribution in [3.8, 4) is 0 Å². The lowest BCUT2D eigenvalue weighted by molar-refractivity contribution is -0.132. The summed E-state index contributed by atoms with van der Waals surface area (Å²) in [5, 5.41) is 5.01. The van der Waals surface area contributed by atoms with Gasteiger partial charge >= 0.3 is 5.97 Å². The monoisotopic (exact) mass is 233 g/mol. The van der Waals surface area contributed by atoms with Crippen molar-refractivity contribution in [3.05, 3.63) is 11.1 Å². The van der Waals surface area contributed by atoms with Gasteiger partial charge in [0.2, 0.25) is 5.71 Å². The molecule has 15 heavy (non-hydrogen) atoms. The van der Waals surface area contributed by atoms with Crippen LogP contribution in [0.5, 0.6) is 0 Å². The first kappa shape index (κ1) is 11.4. The van der Waals surface area contributed by atoms with Crippen LogP contribution in [0.1, 0.15) is 5.69 Å². The summed E-state index contributed by atoms with van der Waals surface area (Å²) in [6, 6.07) is 0. The van der Waals surface area contributed by atoms with E-state index in [0.717, 1.165) is 11.3 Å². The predicted octanol–water partition coefficient (Wildman–Crippen LogP) is 0.546. The third-order valence-corrected chi connectivity index (χ3v) is 2.02. The second kappa shape index (κ2) is 5.25. The molecule has 0 amide bonds. The Bertz CT molecular complexity index is 379. The van der Waals surface area contributed by atoms with Gasteiger partial charge in [-0.3, -0.25) is 0 Å². The Morgan fingerprint density at radius 1 is 1.80 bits per heavy atom. The molecule has 6 nitrogen and oxygen atoms in total. The Kier molecular flexibility index (Phi) is 3.98. The third-order valence-electron chi connectivity index (χ3n) is 1.35. The first-order valence-electron chi connectivity index (χ1n) is 3.74. The lowest BCUT2D eigenvalue weighted by Crippen LogP contribution is -2.18. The van der Waals surface area contributed by atoms with Crippen molar-refractivity contribution < 1.29 is 18.8 Å². The lowest BCUT2D eigenvalue weighted by Gasteiger charge is -1.99. The van der Waals surface area contributed by atoms with Crippen LogP contribution in [0.2, 0.25) is 0 Å². The topological polar surface area (TPSA) is 86.8 Å². The van der Waals surface area contributed by atoms with Crippen LogP contribution >= 0.6 is 11.3 Å². The number of halogens is 1. The number of nitrogen functional groups attached to an aromatic ring is 1. The van der Waals surface area contributed by atoms with Crippen molar-refractivity contribution in [1.82, 2.24) is 4.98 Å². The first-order chi connectivity index (χ1) is 7.19. The molecule has 1 aromatic rings. The predicted molar refractivity (Wildman–Crippen MR) is 52.1 cm³/mol. The highest BCUT2D eigenvalue weighted by molar-refractivity contribution is 7.13. The number of carbonyl (C=O) groups is 1. The zero-order valence-corrected chi connectivity index (χ0v) is 8.58. The average Bonchev–Trinajstić information content (AvgIpc) is 2.65. The van der Waals surface area contributed by atoms with E-state index in [1.165, 1.54) is 12.5 Å². The standard InChI is InChI=1S/C7H8FN3O3S/c1-13-6(12)5(11-14-3-8)4-2-15-7(9)10-4/h2H,3H2,1H3,(H2,9,10)/b11-5-. The molecule has 1 rings (SSSR count). The number of carbonyl (C=O) groups excluding carboxylic acids is 1. The molecule has 0 aliphatic heterocycles. The number of anilines is 1. The Hall–Kier alpha value is -1.70. The minimum Gasteiger partial charge on any atom is -0.464 e. The van der Waals surface area contributed by atoms with Crippen LogP contribution in [0, 0.1) is 0 Å². The minimum absolute atomic E-state index is 0.192. The summed E-state index contributed by atoms with van der Waals surface area (Å²) in [4.78, 5) is 19.1. The molecular weight excluding hydrogens is 225 g/mol. The second-order valence-corrected chi connectivity index (χ2v) is 3.13. The number of ether oxygens (including phenoxy) is 1. The number of esters is 1. The number of hydrogen-bond acceptors (Lipinski definition) is 7. The molecule has 0 fully saturated rings. The Morgan fingerprint density at radius 3 is 3.00 bits per heavy atom. The van der Waals surface area contributed by atoms with E-state index >= 15 is 0 Å². The molecule has 0 aliphatic carbocycles. The normalized spacial score (nSPS) is 11.2. The summed E-state index contributed by atoms with van der Waals surface area (Å²) in [5.41, 5.74) is 5.35. The molecule has 82 valence electrons. The molecule has 1 heterocycles. The molecule has 0 aliphatic rings. The number of methoxy groups -OCH3 is 1. The molecule has 0 aromatic carbocycles. The van der Waals surface area contributed by atoms with Gasteiger partial charge < -0.3 is 15.3 Å². The Morgan fingerprint density at radius 2 is 2.53 bits per heavy atom. The summed E-state index contributed by atoms with van der Waals surface area (Å²) in [6.07, 6.45) is 0. The van der Waals surface area contributed by atoms with E-state index in [1.54, 1.807) is 0 Å². The molecule has 1 aromatic heterocycles. The van der Waals surface area contributed by atoms with Gasteiger partial charge in [-0.05, 0) is 0 Å². The van der Waals surface area contributed by atoms with E-state index in [-0.39, 0.29) is 16.5 Å². The van der Waals surface area contributed by atoms with Crippen molar-refractivity contribution in [2.45, 2.75) is 0 Å². The van der Waals surface area contributed by atoms with Gasteiger partial charge in [0.05, 0.1) is 7.11 Å². The number of oxime groups is 1. The van der Waals surface area contributed by atoms with Crippen LogP contribution < -0.4 is 5.73 Å². The van der Waals surface area contributed by atoms with Gasteiger partial charge in [-0.2, -0.15) is 0 Å². The summed E-state index contributed by atoms with van der Waals surface area (Å²) in [7, 11) is 1.17. The van der Waals surface area contributed by atoms with E-state index < -0.39 is 12.8 Å². The molecule has 0 saturated carbocycles. The lowest BCUT2D eigenvalue weighted by atomic mass is 10.3. The highest BCUT2D eigenvalue weighted by Gasteiger charge is 2.18. The average molecular weight is 233 g/mol. The molecule has 2 N–H and O–H groups in total. The third kappa shape index (κ3) is 2.88. The molecular formula is C7H8FN3O3S. The van der Waals surface area contributed by atoms with Gasteiger partial charge in [0, 0.05) is 5.38 Å². The molecule has 8 heteroatoms. The number of nitrogens with two attached hydrogens (primary N) is 1. The van der Waals surface area contributed by atoms with Crippen molar-refractivity contribution in [2.75, 3.05) is 19.7 Å². The number of hydrogen-bond donors (Lipinski definition) is 1. The van der Waals surface area contributed by atoms with Gasteiger partial charge in [0.1, 0.15) is 5.69 Å². The fourth-order valence-electron chi connectivity index (χ4n) is 0.771. The number of aromatic nitrogens is 1. The maximum atomic E-state index is 11.7. The van der Waals surface area contributed by atoms with E-state index in [9.17, 15) is 9.18 Å². The summed E-state index contributed by atoms with van der Waals surface area (Å²) >= 11 is 1.12. The molecule has 0 atom stereocenters. The fraction of sp³-hybridized carbons (Fsp3) is 0.286. The number of alkyl halides is 1. The summed E-state index contributed by atoms with van der Waals surface area (Å²) in [6.45, 7) is -1.14. The van der Waals surface area contributed by atoms with Crippen molar-refractivity contribution in [1.29, 1.82) is 0 Å². The van der Waals surface area contributed by atoms with Crippen molar-refractivity contribution >= 4 is 28.1 Å². The van der Waals surface area contributed by atoms with Crippen LogP contribution in [0.15, 0.2) is 10.5 Å². The zero-order chi connectivity index (χ0) is 11.3. The maximum Gasteiger partial charge on any atom is 0.362 e. The van der Waals surface area contributed by atoms with Crippen LogP contribution in [0.3, 0.4) is 0 Å². The summed E-state index contributed by atoms with van der Waals surface area (Å²) in [5.74, 6) is -0.770. The van der Waals surface area contributed by atoms with Gasteiger partial charge in [-0.15, -0.1) is 11.3 Å². The van der Waals surface area contributed by atoms with Crippen LogP contribution in [0.25, 0.3) is 0 Å². The van der Waals surface area contributed by atoms with Crippen molar-refractivity contribution in [2.24, 2.45) is 5.16 Å². The van der Waals surface area contributed by atoms with Crippen molar-refractivity contribution in [3.63, 3.8) is 0 Å². The largest absolute Gasteiger partial charge is 0.464 e. The zero-order valence-electron chi connectivity index (χ0n) is 7.77. The molecule has 0 radical (unpaired) electrons. The van der Waals surface area contributed by atoms with Crippen LogP contribution in [-0.4, -0.2) is 30.6 Å². The van der Waals surface area contributed by atoms with E-state index in [0.29, 0.717) is 0 Å².